The number of hydrogen-bond acceptors (Lipinski definition) is 5. The highest BCUT2D eigenvalue weighted by Crippen LogP contribution is 2.36. The van der Waals surface area contributed by atoms with Crippen molar-refractivity contribution in [2.45, 2.75) is 20.4 Å². The van der Waals surface area contributed by atoms with E-state index in [9.17, 15) is 4.79 Å². The molecule has 5 nitrogen and oxygen atoms in total. The highest BCUT2D eigenvalue weighted by Gasteiger charge is 2.22. The number of carbonyl (C=O) groups is 1. The van der Waals surface area contributed by atoms with Crippen LogP contribution in [0.5, 0.6) is 5.75 Å². The van der Waals surface area contributed by atoms with E-state index >= 15 is 0 Å². The zero-order valence-electron chi connectivity index (χ0n) is 16.6. The van der Waals surface area contributed by atoms with E-state index in [0.29, 0.717) is 22.4 Å². The Kier molecular flexibility index (Phi) is 5.97. The fourth-order valence-electron chi connectivity index (χ4n) is 3.06. The molecule has 0 spiro atoms. The molecule has 4 rings (SSSR count). The first kappa shape index (κ1) is 20.3. The second-order valence-electron chi connectivity index (χ2n) is 6.89. The molecule has 0 fully saturated rings. The van der Waals surface area contributed by atoms with Crippen LogP contribution in [-0.4, -0.2) is 22.5 Å². The minimum absolute atomic E-state index is 0.0969. The number of nitrogens with zero attached hydrogens (tertiary/aromatic N) is 3. The molecule has 2 aromatic heterocycles. The van der Waals surface area contributed by atoms with Crippen LogP contribution in [0.3, 0.4) is 0 Å². The Balaban J connectivity index is 1.66. The fraction of sp³-hybridized carbons (Fsp3) is 0.174. The molecule has 0 bridgehead atoms. The van der Waals surface area contributed by atoms with Gasteiger partial charge < -0.3 is 4.74 Å². The summed E-state index contributed by atoms with van der Waals surface area (Å²) in [6.07, 6.45) is 1.71. The molecule has 0 saturated carbocycles. The molecule has 152 valence electrons. The molecule has 0 saturated heterocycles. The van der Waals surface area contributed by atoms with Crippen LogP contribution in [0.1, 0.15) is 16.8 Å². The van der Waals surface area contributed by atoms with E-state index < -0.39 is 0 Å². The van der Waals surface area contributed by atoms with Gasteiger partial charge >= 0.3 is 0 Å². The van der Waals surface area contributed by atoms with Crippen LogP contribution in [0.25, 0.3) is 10.2 Å². The van der Waals surface area contributed by atoms with Gasteiger partial charge in [-0.2, -0.15) is 0 Å². The Bertz CT molecular complexity index is 1150. The van der Waals surface area contributed by atoms with Crippen molar-refractivity contribution in [2.75, 3.05) is 11.5 Å². The number of benzene rings is 2. The maximum atomic E-state index is 13.2. The molecule has 1 amide bonds. The van der Waals surface area contributed by atoms with Gasteiger partial charge in [0.05, 0.1) is 27.5 Å². The van der Waals surface area contributed by atoms with E-state index in [1.807, 2.05) is 68.4 Å². The van der Waals surface area contributed by atoms with Gasteiger partial charge in [0.1, 0.15) is 5.75 Å². The lowest BCUT2D eigenvalue weighted by atomic mass is 10.2. The van der Waals surface area contributed by atoms with Gasteiger partial charge in [0, 0.05) is 6.20 Å². The van der Waals surface area contributed by atoms with Crippen molar-refractivity contribution < 1.29 is 9.53 Å². The molecule has 0 N–H and O–H groups in total. The van der Waals surface area contributed by atoms with Gasteiger partial charge in [-0.1, -0.05) is 53.3 Å². The van der Waals surface area contributed by atoms with Gasteiger partial charge in [0.2, 0.25) is 0 Å². The Labute approximate surface area is 183 Å². The number of pyridine rings is 1. The number of amides is 1. The molecule has 2 aromatic carbocycles. The minimum Gasteiger partial charge on any atom is -0.483 e. The van der Waals surface area contributed by atoms with Crippen LogP contribution in [0, 0.1) is 13.8 Å². The van der Waals surface area contributed by atoms with Gasteiger partial charge in [0.25, 0.3) is 5.91 Å². The Morgan fingerprint density at radius 1 is 1.07 bits per heavy atom. The van der Waals surface area contributed by atoms with Crippen molar-refractivity contribution >= 4 is 44.2 Å². The molecular weight excluding hydrogens is 418 g/mol. The van der Waals surface area contributed by atoms with E-state index in [4.69, 9.17) is 21.3 Å². The van der Waals surface area contributed by atoms with Crippen LogP contribution in [0.2, 0.25) is 5.02 Å². The number of para-hydroxylation sites is 1. The van der Waals surface area contributed by atoms with Gasteiger partial charge in [0.15, 0.2) is 11.7 Å². The number of aryl methyl sites for hydroxylation is 2. The largest absolute Gasteiger partial charge is 0.483 e. The molecule has 4 aromatic rings. The zero-order chi connectivity index (χ0) is 21.1. The molecule has 7 heteroatoms. The summed E-state index contributed by atoms with van der Waals surface area (Å²) in [6, 6.07) is 17.0. The summed E-state index contributed by atoms with van der Waals surface area (Å²) < 4.78 is 6.67. The topological polar surface area (TPSA) is 55.3 Å². The van der Waals surface area contributed by atoms with Gasteiger partial charge in [-0.05, 0) is 49.2 Å². The van der Waals surface area contributed by atoms with Crippen LogP contribution < -0.4 is 9.64 Å². The third kappa shape index (κ3) is 4.30. The van der Waals surface area contributed by atoms with Crippen molar-refractivity contribution in [3.63, 3.8) is 0 Å². The van der Waals surface area contributed by atoms with Gasteiger partial charge in [-0.25, -0.2) is 4.98 Å². The lowest BCUT2D eigenvalue weighted by molar-refractivity contribution is -0.120. The summed E-state index contributed by atoms with van der Waals surface area (Å²) in [5, 5.41) is 1.20. The van der Waals surface area contributed by atoms with Crippen LogP contribution >= 0.6 is 22.9 Å². The van der Waals surface area contributed by atoms with E-state index in [0.717, 1.165) is 27.0 Å². The molecule has 30 heavy (non-hydrogen) atoms. The lowest BCUT2D eigenvalue weighted by Crippen LogP contribution is -2.34. The number of hydrogen-bond donors (Lipinski definition) is 0. The molecule has 0 atom stereocenters. The molecule has 0 radical (unpaired) electrons. The molecule has 2 heterocycles. The number of thiazole rings is 1. The van der Waals surface area contributed by atoms with Crippen molar-refractivity contribution in [1.82, 2.24) is 9.97 Å². The quantitative estimate of drug-likeness (QED) is 0.395. The average Bonchev–Trinajstić information content (AvgIpc) is 3.21. The molecule has 0 aliphatic heterocycles. The van der Waals surface area contributed by atoms with Crippen molar-refractivity contribution in [2.24, 2.45) is 0 Å². The minimum atomic E-state index is -0.197. The number of aromatic nitrogens is 2. The Morgan fingerprint density at radius 2 is 1.87 bits per heavy atom. The number of carbonyl (C=O) groups excluding carboxylic acids is 1. The summed E-state index contributed by atoms with van der Waals surface area (Å²) in [6.45, 7) is 4.13. The monoisotopic (exact) mass is 437 g/mol. The lowest BCUT2D eigenvalue weighted by Gasteiger charge is -2.20. The number of ether oxygens (including phenoxy) is 1. The van der Waals surface area contributed by atoms with Crippen molar-refractivity contribution in [1.29, 1.82) is 0 Å². The summed E-state index contributed by atoms with van der Waals surface area (Å²) in [5.74, 6) is 0.489. The SMILES string of the molecule is Cc1ccccc1OCC(=O)N(Cc1ccccn1)c1nc2c(C)ccc(Cl)c2s1. The number of fused-ring (bicyclic) bond motifs is 1. The summed E-state index contributed by atoms with van der Waals surface area (Å²) in [5.41, 5.74) is 3.56. The van der Waals surface area contributed by atoms with Gasteiger partial charge in [-0.3, -0.25) is 14.7 Å². The highest BCUT2D eigenvalue weighted by molar-refractivity contribution is 7.23. The predicted octanol–water partition coefficient (Wildman–Crippen LogP) is 5.57. The Hall–Kier alpha value is -2.96. The smallest absolute Gasteiger partial charge is 0.267 e. The predicted molar refractivity (Wildman–Crippen MR) is 121 cm³/mol. The highest BCUT2D eigenvalue weighted by atomic mass is 35.5. The van der Waals surface area contributed by atoms with Crippen LogP contribution in [0.15, 0.2) is 60.8 Å². The summed E-state index contributed by atoms with van der Waals surface area (Å²) >= 11 is 7.77. The number of halogens is 1. The zero-order valence-corrected chi connectivity index (χ0v) is 18.2. The van der Waals surface area contributed by atoms with E-state index in [1.54, 1.807) is 11.1 Å². The third-order valence-corrected chi connectivity index (χ3v) is 6.25. The summed E-state index contributed by atoms with van der Waals surface area (Å²) in [4.78, 5) is 23.9. The third-order valence-electron chi connectivity index (χ3n) is 4.71. The molecule has 0 unspecified atom stereocenters. The van der Waals surface area contributed by atoms with E-state index in [-0.39, 0.29) is 12.5 Å². The molecule has 0 aliphatic carbocycles. The second-order valence-corrected chi connectivity index (χ2v) is 8.28. The van der Waals surface area contributed by atoms with Gasteiger partial charge in [-0.15, -0.1) is 0 Å². The number of anilines is 1. The molecular formula is C23H20ClN3O2S. The first-order valence-electron chi connectivity index (χ1n) is 9.47. The second kappa shape index (κ2) is 8.81. The summed E-state index contributed by atoms with van der Waals surface area (Å²) in [7, 11) is 0. The molecule has 0 aliphatic rings. The first-order chi connectivity index (χ1) is 14.5. The fourth-order valence-corrected chi connectivity index (χ4v) is 4.39. The maximum absolute atomic E-state index is 13.2. The maximum Gasteiger partial charge on any atom is 0.267 e. The van der Waals surface area contributed by atoms with Crippen LogP contribution in [0.4, 0.5) is 5.13 Å². The van der Waals surface area contributed by atoms with Crippen LogP contribution in [-0.2, 0) is 11.3 Å². The van der Waals surface area contributed by atoms with Crippen molar-refractivity contribution in [3.05, 3.63) is 82.6 Å². The standard InChI is InChI=1S/C23H20ClN3O2S/c1-15-7-3-4-9-19(15)29-14-20(28)27(13-17-8-5-6-12-25-17)23-26-21-16(2)10-11-18(24)22(21)30-23/h3-12H,13-14H2,1-2H3. The van der Waals surface area contributed by atoms with E-state index in [1.165, 1.54) is 11.3 Å². The number of rotatable bonds is 6. The van der Waals surface area contributed by atoms with E-state index in [2.05, 4.69) is 4.98 Å². The van der Waals surface area contributed by atoms with Crippen molar-refractivity contribution in [3.8, 4) is 5.75 Å². The normalized spacial score (nSPS) is 10.9. The average molecular weight is 438 g/mol. The Morgan fingerprint density at radius 3 is 2.60 bits per heavy atom. The first-order valence-corrected chi connectivity index (χ1v) is 10.7.